The predicted molar refractivity (Wildman–Crippen MR) is 103 cm³/mol. The van der Waals surface area contributed by atoms with Gasteiger partial charge in [0.25, 0.3) is 0 Å². The van der Waals surface area contributed by atoms with Crippen molar-refractivity contribution < 1.29 is 24.0 Å². The first-order valence-corrected chi connectivity index (χ1v) is 9.37. The summed E-state index contributed by atoms with van der Waals surface area (Å²) in [5, 5.41) is 30.1. The van der Waals surface area contributed by atoms with E-state index < -0.39 is 30.8 Å². The number of nitriles is 1. The Balaban J connectivity index is 1.89. The number of Topliss-reactive ketones (excluding diaryl/α,β-unsaturated/α-hetero) is 1. The topological polar surface area (TPSA) is 114 Å². The second kappa shape index (κ2) is 9.67. The number of carbonyl (C=O) groups excluding carboxylic acids is 2. The molecule has 0 spiro atoms. The summed E-state index contributed by atoms with van der Waals surface area (Å²) >= 11 is 0. The molecule has 1 aromatic rings. The van der Waals surface area contributed by atoms with Crippen molar-refractivity contribution in [3.8, 4) is 6.07 Å². The molecule has 0 aliphatic carbocycles. The molecule has 1 aliphatic rings. The average Bonchev–Trinajstić information content (AvgIpc) is 2.59. The first-order chi connectivity index (χ1) is 13.2. The van der Waals surface area contributed by atoms with Crippen LogP contribution in [0.2, 0.25) is 0 Å². The summed E-state index contributed by atoms with van der Waals surface area (Å²) < 4.78 is 14.2. The zero-order valence-corrected chi connectivity index (χ0v) is 16.1. The van der Waals surface area contributed by atoms with Gasteiger partial charge in [-0.1, -0.05) is 13.8 Å². The van der Waals surface area contributed by atoms with Gasteiger partial charge in [0.15, 0.2) is 5.78 Å². The largest absolute Gasteiger partial charge is 0.475 e. The van der Waals surface area contributed by atoms with Crippen LogP contribution >= 0.6 is 0 Å². The van der Waals surface area contributed by atoms with Gasteiger partial charge < -0.3 is 20.3 Å². The van der Waals surface area contributed by atoms with Crippen molar-refractivity contribution in [2.24, 2.45) is 5.92 Å². The standard InChI is InChI=1S/C19H25BFN3O4/c1-12(2)9-18(20(27)28)23-19(26)6-5-17(25)16-7-8-24(16)15-4-3-13(11-22)10-14(15)21/h3-4,10,12,16,18,27-28H,5-9H2,1-2H3,(H,23,26)/t16-,18?/m0/s1. The Kier molecular flexibility index (Phi) is 7.55. The van der Waals surface area contributed by atoms with Gasteiger partial charge in [0.05, 0.1) is 29.3 Å². The van der Waals surface area contributed by atoms with Gasteiger partial charge >= 0.3 is 7.12 Å². The Hall–Kier alpha value is -2.44. The van der Waals surface area contributed by atoms with Gasteiger partial charge in [-0.25, -0.2) is 4.39 Å². The maximum Gasteiger partial charge on any atom is 0.475 e. The molecule has 1 amide bonds. The molecule has 1 heterocycles. The number of hydrogen-bond acceptors (Lipinski definition) is 6. The van der Waals surface area contributed by atoms with Crippen molar-refractivity contribution in [2.45, 2.75) is 51.5 Å². The number of nitrogens with one attached hydrogen (secondary N) is 1. The van der Waals surface area contributed by atoms with E-state index in [1.807, 2.05) is 19.9 Å². The van der Waals surface area contributed by atoms with Crippen LogP contribution in [0.5, 0.6) is 0 Å². The first kappa shape index (κ1) is 21.9. The lowest BCUT2D eigenvalue weighted by Crippen LogP contribution is -2.53. The molecular formula is C19H25BFN3O4. The minimum absolute atomic E-state index is 0.0131. The zero-order valence-electron chi connectivity index (χ0n) is 16.1. The molecule has 1 saturated heterocycles. The number of anilines is 1. The van der Waals surface area contributed by atoms with Crippen LogP contribution in [-0.2, 0) is 9.59 Å². The van der Waals surface area contributed by atoms with Crippen molar-refractivity contribution in [1.82, 2.24) is 5.32 Å². The highest BCUT2D eigenvalue weighted by molar-refractivity contribution is 6.43. The number of benzene rings is 1. The third kappa shape index (κ3) is 5.53. The molecule has 1 aliphatic heterocycles. The maximum atomic E-state index is 14.2. The molecule has 0 radical (unpaired) electrons. The number of ketones is 1. The Morgan fingerprint density at radius 3 is 2.61 bits per heavy atom. The summed E-state index contributed by atoms with van der Waals surface area (Å²) in [5.41, 5.74) is 0.483. The van der Waals surface area contributed by atoms with Gasteiger partial charge in [-0.05, 0) is 37.0 Å². The molecule has 9 heteroatoms. The summed E-state index contributed by atoms with van der Waals surface area (Å²) in [5.74, 6) is -1.77. The van der Waals surface area contributed by atoms with Gasteiger partial charge in [-0.2, -0.15) is 5.26 Å². The highest BCUT2D eigenvalue weighted by Gasteiger charge is 2.35. The molecule has 0 bridgehead atoms. The van der Waals surface area contributed by atoms with Crippen LogP contribution in [0.1, 0.15) is 45.1 Å². The molecule has 2 atom stereocenters. The molecule has 7 nitrogen and oxygen atoms in total. The van der Waals surface area contributed by atoms with E-state index in [-0.39, 0.29) is 35.8 Å². The Labute approximate surface area is 164 Å². The van der Waals surface area contributed by atoms with Crippen LogP contribution in [0.15, 0.2) is 18.2 Å². The predicted octanol–water partition coefficient (Wildman–Crippen LogP) is 1.17. The molecule has 3 N–H and O–H groups in total. The number of rotatable bonds is 9. The van der Waals surface area contributed by atoms with Crippen LogP contribution in [-0.4, -0.2) is 47.4 Å². The summed E-state index contributed by atoms with van der Waals surface area (Å²) in [4.78, 5) is 26.1. The van der Waals surface area contributed by atoms with Crippen molar-refractivity contribution in [3.05, 3.63) is 29.6 Å². The van der Waals surface area contributed by atoms with Crippen LogP contribution in [0, 0.1) is 23.1 Å². The van der Waals surface area contributed by atoms with Crippen LogP contribution in [0.3, 0.4) is 0 Å². The lowest BCUT2D eigenvalue weighted by atomic mass is 9.75. The van der Waals surface area contributed by atoms with Crippen LogP contribution in [0.4, 0.5) is 10.1 Å². The Bertz CT molecular complexity index is 766. The van der Waals surface area contributed by atoms with E-state index in [0.717, 1.165) is 6.07 Å². The number of hydrogen-bond donors (Lipinski definition) is 3. The number of halogens is 1. The normalized spacial score (nSPS) is 16.9. The smallest absolute Gasteiger partial charge is 0.426 e. The Morgan fingerprint density at radius 2 is 2.11 bits per heavy atom. The summed E-state index contributed by atoms with van der Waals surface area (Å²) in [6.45, 7) is 4.33. The van der Waals surface area contributed by atoms with Crippen molar-refractivity contribution in [1.29, 1.82) is 5.26 Å². The molecule has 150 valence electrons. The summed E-state index contributed by atoms with van der Waals surface area (Å²) in [6, 6.07) is 5.49. The minimum atomic E-state index is -1.66. The van der Waals surface area contributed by atoms with Crippen molar-refractivity contribution in [3.63, 3.8) is 0 Å². The van der Waals surface area contributed by atoms with E-state index in [1.165, 1.54) is 12.1 Å². The molecule has 0 saturated carbocycles. The quantitative estimate of drug-likeness (QED) is 0.547. The highest BCUT2D eigenvalue weighted by atomic mass is 19.1. The third-order valence-electron chi connectivity index (χ3n) is 4.81. The van der Waals surface area contributed by atoms with Gasteiger partial charge in [0.1, 0.15) is 5.82 Å². The fourth-order valence-electron chi connectivity index (χ4n) is 3.27. The number of amides is 1. The van der Waals surface area contributed by atoms with Gasteiger partial charge in [-0.3, -0.25) is 9.59 Å². The number of nitrogens with zero attached hydrogens (tertiary/aromatic N) is 2. The summed E-state index contributed by atoms with van der Waals surface area (Å²) in [7, 11) is -1.66. The molecule has 1 fully saturated rings. The molecule has 1 unspecified atom stereocenters. The minimum Gasteiger partial charge on any atom is -0.426 e. The van der Waals surface area contributed by atoms with Crippen LogP contribution < -0.4 is 10.2 Å². The Morgan fingerprint density at radius 1 is 1.39 bits per heavy atom. The molecular weight excluding hydrogens is 364 g/mol. The van der Waals surface area contributed by atoms with E-state index in [9.17, 15) is 24.0 Å². The summed E-state index contributed by atoms with van der Waals surface area (Å²) in [6.07, 6.45) is 0.901. The number of carbonyl (C=O) groups is 2. The van der Waals surface area contributed by atoms with Crippen LogP contribution in [0.25, 0.3) is 0 Å². The third-order valence-corrected chi connectivity index (χ3v) is 4.81. The fourth-order valence-corrected chi connectivity index (χ4v) is 3.27. The van der Waals surface area contributed by atoms with E-state index in [1.54, 1.807) is 4.90 Å². The maximum absolute atomic E-state index is 14.2. The SMILES string of the molecule is CC(C)CC(NC(=O)CCC(=O)[C@@H]1CCN1c1ccc(C#N)cc1F)B(O)O. The van der Waals surface area contributed by atoms with E-state index in [4.69, 9.17) is 5.26 Å². The van der Waals surface area contributed by atoms with Gasteiger partial charge in [0.2, 0.25) is 5.91 Å². The van der Waals surface area contributed by atoms with E-state index in [0.29, 0.717) is 19.4 Å². The van der Waals surface area contributed by atoms with E-state index >= 15 is 0 Å². The van der Waals surface area contributed by atoms with E-state index in [2.05, 4.69) is 5.32 Å². The van der Waals surface area contributed by atoms with Gasteiger partial charge in [0, 0.05) is 19.4 Å². The highest BCUT2D eigenvalue weighted by Crippen LogP contribution is 2.30. The van der Waals surface area contributed by atoms with Crippen molar-refractivity contribution in [2.75, 3.05) is 11.4 Å². The molecule has 2 rings (SSSR count). The monoisotopic (exact) mass is 389 g/mol. The zero-order chi connectivity index (χ0) is 20.8. The van der Waals surface area contributed by atoms with Crippen molar-refractivity contribution >= 4 is 24.5 Å². The lowest BCUT2D eigenvalue weighted by molar-refractivity contribution is -0.126. The lowest BCUT2D eigenvalue weighted by Gasteiger charge is -2.42. The fraction of sp³-hybridized carbons (Fsp3) is 0.526. The second-order valence-corrected chi connectivity index (χ2v) is 7.46. The molecule has 0 aromatic heterocycles. The van der Waals surface area contributed by atoms with Gasteiger partial charge in [-0.15, -0.1) is 0 Å². The first-order valence-electron chi connectivity index (χ1n) is 9.37. The molecule has 28 heavy (non-hydrogen) atoms. The second-order valence-electron chi connectivity index (χ2n) is 7.46. The average molecular weight is 389 g/mol. The molecule has 1 aromatic carbocycles.